The molecular formula is C51H32O. The molecule has 0 bridgehead atoms. The Kier molecular flexibility index (Phi) is 6.23. The van der Waals surface area contributed by atoms with Crippen LogP contribution in [-0.4, -0.2) is 0 Å². The van der Waals surface area contributed by atoms with Gasteiger partial charge in [-0.25, -0.2) is 0 Å². The van der Waals surface area contributed by atoms with Crippen LogP contribution in [0.4, 0.5) is 0 Å². The van der Waals surface area contributed by atoms with E-state index in [-0.39, 0.29) is 0 Å². The summed E-state index contributed by atoms with van der Waals surface area (Å²) in [6.45, 7) is 0. The average Bonchev–Trinajstić information content (AvgIpc) is 3.76. The van der Waals surface area contributed by atoms with Crippen LogP contribution in [0, 0.1) is 0 Å². The highest BCUT2D eigenvalue weighted by Crippen LogP contribution is 2.58. The van der Waals surface area contributed by atoms with Crippen LogP contribution < -0.4 is 0 Å². The van der Waals surface area contributed by atoms with Crippen molar-refractivity contribution >= 4 is 43.5 Å². The number of furan rings is 1. The van der Waals surface area contributed by atoms with Crippen molar-refractivity contribution in [2.75, 3.05) is 0 Å². The van der Waals surface area contributed by atoms with E-state index in [2.05, 4.69) is 194 Å². The van der Waals surface area contributed by atoms with Crippen molar-refractivity contribution < 1.29 is 4.42 Å². The van der Waals surface area contributed by atoms with Gasteiger partial charge in [0.05, 0.1) is 5.41 Å². The van der Waals surface area contributed by atoms with Crippen LogP contribution in [0.2, 0.25) is 0 Å². The summed E-state index contributed by atoms with van der Waals surface area (Å²) in [5.74, 6) is 0. The highest BCUT2D eigenvalue weighted by atomic mass is 16.3. The first kappa shape index (κ1) is 29.1. The standard InChI is InChI=1S/C51H32O/c1-4-16-33(17-5-1)46-39-24-10-12-26-41(39)47(42-27-13-11-25-40(42)46)35-19-14-18-34(32-35)38-30-31-44-49-48-43(28-15-29-45(48)52-50(38)49)51(44,36-20-6-2-7-21-36)37-22-8-3-9-23-37/h1-32H. The second-order valence-corrected chi connectivity index (χ2v) is 13.9. The molecule has 1 nitrogen and oxygen atoms in total. The molecule has 0 saturated heterocycles. The van der Waals surface area contributed by atoms with Crippen LogP contribution in [0.15, 0.2) is 199 Å². The minimum atomic E-state index is -0.444. The van der Waals surface area contributed by atoms with Gasteiger partial charge in [0.1, 0.15) is 11.2 Å². The van der Waals surface area contributed by atoms with Gasteiger partial charge in [-0.15, -0.1) is 0 Å². The summed E-state index contributed by atoms with van der Waals surface area (Å²) in [5.41, 5.74) is 13.7. The Balaban J connectivity index is 1.17. The Bertz CT molecular complexity index is 2890. The number of rotatable bonds is 5. The molecule has 0 aliphatic heterocycles. The molecule has 0 unspecified atom stereocenters. The van der Waals surface area contributed by atoms with E-state index in [0.717, 1.165) is 22.3 Å². The molecule has 1 aliphatic rings. The molecule has 11 rings (SSSR count). The summed E-state index contributed by atoms with van der Waals surface area (Å²) >= 11 is 0. The Morgan fingerprint density at radius 1 is 0.346 bits per heavy atom. The molecule has 0 N–H and O–H groups in total. The number of hydrogen-bond donors (Lipinski definition) is 0. The fourth-order valence-corrected chi connectivity index (χ4v) is 9.28. The first-order valence-corrected chi connectivity index (χ1v) is 18.0. The van der Waals surface area contributed by atoms with Crippen LogP contribution in [0.3, 0.4) is 0 Å². The van der Waals surface area contributed by atoms with Gasteiger partial charge in [0.25, 0.3) is 0 Å². The molecule has 1 heteroatoms. The minimum absolute atomic E-state index is 0.444. The van der Waals surface area contributed by atoms with Gasteiger partial charge in [-0.05, 0) is 83.7 Å². The number of benzene rings is 9. The normalized spacial score (nSPS) is 13.2. The summed E-state index contributed by atoms with van der Waals surface area (Å²) in [5, 5.41) is 7.44. The third-order valence-electron chi connectivity index (χ3n) is 11.3. The van der Waals surface area contributed by atoms with Crippen LogP contribution in [0.1, 0.15) is 22.3 Å². The molecule has 1 aromatic heterocycles. The Hall–Kier alpha value is -6.70. The van der Waals surface area contributed by atoms with E-state index in [1.54, 1.807) is 0 Å². The van der Waals surface area contributed by atoms with Gasteiger partial charge in [-0.2, -0.15) is 0 Å². The third kappa shape index (κ3) is 3.94. The fourth-order valence-electron chi connectivity index (χ4n) is 9.28. The van der Waals surface area contributed by atoms with Crippen molar-refractivity contribution in [3.05, 3.63) is 216 Å². The van der Waals surface area contributed by atoms with Crippen molar-refractivity contribution in [3.8, 4) is 33.4 Å². The van der Waals surface area contributed by atoms with E-state index in [1.165, 1.54) is 76.8 Å². The summed E-state index contributed by atoms with van der Waals surface area (Å²) in [6, 6.07) is 70.7. The topological polar surface area (TPSA) is 13.1 Å². The average molecular weight is 661 g/mol. The van der Waals surface area contributed by atoms with E-state index in [1.807, 2.05) is 0 Å². The zero-order valence-electron chi connectivity index (χ0n) is 28.4. The Morgan fingerprint density at radius 3 is 1.44 bits per heavy atom. The molecular weight excluding hydrogens is 629 g/mol. The van der Waals surface area contributed by atoms with E-state index < -0.39 is 5.41 Å². The smallest absolute Gasteiger partial charge is 0.143 e. The predicted molar refractivity (Wildman–Crippen MR) is 217 cm³/mol. The van der Waals surface area contributed by atoms with Crippen molar-refractivity contribution in [1.82, 2.24) is 0 Å². The maximum Gasteiger partial charge on any atom is 0.143 e. The molecule has 9 aromatic carbocycles. The zero-order chi connectivity index (χ0) is 34.2. The highest BCUT2D eigenvalue weighted by molar-refractivity contribution is 6.22. The Labute approximate surface area is 302 Å². The molecule has 242 valence electrons. The van der Waals surface area contributed by atoms with Gasteiger partial charge in [0.2, 0.25) is 0 Å². The SMILES string of the molecule is c1ccc(-c2c3ccccc3c(-c3cccc(-c4ccc5c6c4oc4cccc(c46)C5(c4ccccc4)c4ccccc4)c3)c3ccccc23)cc1. The van der Waals surface area contributed by atoms with Gasteiger partial charge in [0, 0.05) is 16.3 Å². The van der Waals surface area contributed by atoms with E-state index in [9.17, 15) is 0 Å². The van der Waals surface area contributed by atoms with Crippen molar-refractivity contribution in [3.63, 3.8) is 0 Å². The number of fused-ring (bicyclic) bond motifs is 2. The summed E-state index contributed by atoms with van der Waals surface area (Å²) < 4.78 is 6.88. The monoisotopic (exact) mass is 660 g/mol. The molecule has 0 spiro atoms. The second-order valence-electron chi connectivity index (χ2n) is 13.9. The second kappa shape index (κ2) is 11.2. The number of hydrogen-bond acceptors (Lipinski definition) is 1. The van der Waals surface area contributed by atoms with Gasteiger partial charge in [-0.3, -0.25) is 0 Å². The lowest BCUT2D eigenvalue weighted by molar-refractivity contribution is 0.664. The molecule has 0 saturated carbocycles. The molecule has 0 amide bonds. The molecule has 1 aliphatic carbocycles. The van der Waals surface area contributed by atoms with Gasteiger partial charge in [0.15, 0.2) is 0 Å². The molecule has 10 aromatic rings. The van der Waals surface area contributed by atoms with E-state index in [4.69, 9.17) is 4.42 Å². The maximum absolute atomic E-state index is 6.88. The van der Waals surface area contributed by atoms with Crippen molar-refractivity contribution in [1.29, 1.82) is 0 Å². The molecule has 0 radical (unpaired) electrons. The van der Waals surface area contributed by atoms with Crippen molar-refractivity contribution in [2.24, 2.45) is 0 Å². The largest absolute Gasteiger partial charge is 0.455 e. The lowest BCUT2D eigenvalue weighted by Gasteiger charge is -2.34. The highest BCUT2D eigenvalue weighted by Gasteiger charge is 2.46. The van der Waals surface area contributed by atoms with Gasteiger partial charge >= 0.3 is 0 Å². The third-order valence-corrected chi connectivity index (χ3v) is 11.3. The van der Waals surface area contributed by atoms with Crippen LogP contribution in [0.25, 0.3) is 76.9 Å². The molecule has 52 heavy (non-hydrogen) atoms. The summed E-state index contributed by atoms with van der Waals surface area (Å²) in [4.78, 5) is 0. The maximum atomic E-state index is 6.88. The predicted octanol–water partition coefficient (Wildman–Crippen LogP) is 13.6. The van der Waals surface area contributed by atoms with E-state index in [0.29, 0.717) is 0 Å². The lowest BCUT2D eigenvalue weighted by atomic mass is 9.67. The van der Waals surface area contributed by atoms with Crippen LogP contribution in [0.5, 0.6) is 0 Å². The molecule has 1 heterocycles. The zero-order valence-corrected chi connectivity index (χ0v) is 28.4. The summed E-state index contributed by atoms with van der Waals surface area (Å²) in [7, 11) is 0. The van der Waals surface area contributed by atoms with Gasteiger partial charge in [-0.1, -0.05) is 182 Å². The van der Waals surface area contributed by atoms with Crippen LogP contribution in [-0.2, 0) is 5.41 Å². The Morgan fingerprint density at radius 2 is 0.827 bits per heavy atom. The van der Waals surface area contributed by atoms with Crippen LogP contribution >= 0.6 is 0 Å². The van der Waals surface area contributed by atoms with E-state index >= 15 is 0 Å². The first-order chi connectivity index (χ1) is 25.8. The van der Waals surface area contributed by atoms with Crippen molar-refractivity contribution in [2.45, 2.75) is 5.41 Å². The van der Waals surface area contributed by atoms with Gasteiger partial charge < -0.3 is 4.42 Å². The molecule has 0 fully saturated rings. The quantitative estimate of drug-likeness (QED) is 0.167. The minimum Gasteiger partial charge on any atom is -0.455 e. The molecule has 0 atom stereocenters. The first-order valence-electron chi connectivity index (χ1n) is 18.0. The summed E-state index contributed by atoms with van der Waals surface area (Å²) in [6.07, 6.45) is 0. The fraction of sp³-hybridized carbons (Fsp3) is 0.0196. The lowest BCUT2D eigenvalue weighted by Crippen LogP contribution is -2.28.